The zero-order chi connectivity index (χ0) is 23.8. The van der Waals surface area contributed by atoms with Crippen molar-refractivity contribution in [3.8, 4) is 0 Å². The summed E-state index contributed by atoms with van der Waals surface area (Å²) in [5.41, 5.74) is 4.22. The Morgan fingerprint density at radius 2 is 1.76 bits per heavy atom. The largest absolute Gasteiger partial charge is 0.273 e. The molecule has 9 nitrogen and oxygen atoms in total. The highest BCUT2D eigenvalue weighted by atomic mass is 32.2. The van der Waals surface area contributed by atoms with Crippen LogP contribution in [0.2, 0.25) is 0 Å². The Bertz CT molecular complexity index is 1260. The average Bonchev–Trinajstić information content (AvgIpc) is 2.79. The lowest BCUT2D eigenvalue weighted by molar-refractivity contribution is -0.384. The van der Waals surface area contributed by atoms with Crippen molar-refractivity contribution in [1.82, 2.24) is 10.1 Å². The number of carbonyl (C=O) groups is 1. The fraction of sp³-hybridized carbons (Fsp3) is 0.130. The van der Waals surface area contributed by atoms with E-state index >= 15 is 0 Å². The number of hydrogen-bond acceptors (Lipinski definition) is 6. The van der Waals surface area contributed by atoms with Crippen LogP contribution < -0.4 is 10.1 Å². The van der Waals surface area contributed by atoms with Crippen LogP contribution in [0.4, 0.5) is 5.69 Å². The third-order valence-corrected chi connectivity index (χ3v) is 6.19. The fourth-order valence-corrected chi connectivity index (χ4v) is 4.24. The van der Waals surface area contributed by atoms with Gasteiger partial charge in [0, 0.05) is 24.1 Å². The van der Waals surface area contributed by atoms with Gasteiger partial charge in [-0.15, -0.1) is 0 Å². The van der Waals surface area contributed by atoms with Crippen LogP contribution in [0.1, 0.15) is 29.2 Å². The number of nitro benzene ring substituents is 1. The van der Waals surface area contributed by atoms with Gasteiger partial charge in [0.2, 0.25) is 15.9 Å². The number of hydrazone groups is 1. The van der Waals surface area contributed by atoms with Gasteiger partial charge in [0.1, 0.15) is 0 Å². The predicted octanol–water partition coefficient (Wildman–Crippen LogP) is 3.46. The van der Waals surface area contributed by atoms with Crippen molar-refractivity contribution in [3.63, 3.8) is 0 Å². The van der Waals surface area contributed by atoms with E-state index in [-0.39, 0.29) is 17.0 Å². The van der Waals surface area contributed by atoms with Gasteiger partial charge in [0.25, 0.3) is 5.69 Å². The Morgan fingerprint density at radius 3 is 2.42 bits per heavy atom. The van der Waals surface area contributed by atoms with Gasteiger partial charge in [-0.2, -0.15) is 5.10 Å². The van der Waals surface area contributed by atoms with Crippen molar-refractivity contribution < 1.29 is 18.1 Å². The molecule has 0 heterocycles. The van der Waals surface area contributed by atoms with E-state index in [1.165, 1.54) is 36.5 Å². The molecule has 0 aliphatic carbocycles. The third kappa shape index (κ3) is 6.79. The second kappa shape index (κ2) is 10.6. The Morgan fingerprint density at radius 1 is 1.06 bits per heavy atom. The van der Waals surface area contributed by atoms with Crippen molar-refractivity contribution in [1.29, 1.82) is 0 Å². The molecule has 0 aliphatic rings. The number of non-ortho nitro benzene ring substituents is 1. The molecule has 0 radical (unpaired) electrons. The van der Waals surface area contributed by atoms with Gasteiger partial charge in [-0.3, -0.25) is 14.9 Å². The molecule has 3 aromatic carbocycles. The lowest BCUT2D eigenvalue weighted by Crippen LogP contribution is -2.32. The van der Waals surface area contributed by atoms with Gasteiger partial charge < -0.3 is 0 Å². The molecule has 10 heteroatoms. The van der Waals surface area contributed by atoms with E-state index in [1.54, 1.807) is 48.5 Å². The summed E-state index contributed by atoms with van der Waals surface area (Å²) in [6.07, 6.45) is 1.07. The molecule has 0 aromatic heterocycles. The summed E-state index contributed by atoms with van der Waals surface area (Å²) < 4.78 is 28.3. The van der Waals surface area contributed by atoms with Crippen LogP contribution >= 0.6 is 0 Å². The molecule has 0 unspecified atom stereocenters. The number of carbonyl (C=O) groups excluding carboxylic acids is 1. The number of sulfonamides is 1. The minimum atomic E-state index is -3.88. The minimum Gasteiger partial charge on any atom is -0.273 e. The molecular formula is C23H22N4O5S. The van der Waals surface area contributed by atoms with Gasteiger partial charge >= 0.3 is 0 Å². The summed E-state index contributed by atoms with van der Waals surface area (Å²) in [6, 6.07) is 20.1. The maximum Gasteiger partial charge on any atom is 0.270 e. The van der Waals surface area contributed by atoms with Crippen LogP contribution in [0.25, 0.3) is 0 Å². The first kappa shape index (κ1) is 23.8. The zero-order valence-electron chi connectivity index (χ0n) is 17.7. The summed E-state index contributed by atoms with van der Waals surface area (Å²) >= 11 is 0. The molecule has 170 valence electrons. The van der Waals surface area contributed by atoms with Crippen LogP contribution in [0, 0.1) is 17.0 Å². The molecule has 33 heavy (non-hydrogen) atoms. The number of nitrogens with zero attached hydrogens (tertiary/aromatic N) is 2. The maximum atomic E-state index is 12.9. The molecule has 2 N–H and O–H groups in total. The molecule has 3 rings (SSSR count). The van der Waals surface area contributed by atoms with Crippen LogP contribution in [-0.4, -0.2) is 25.5 Å². The molecular weight excluding hydrogens is 444 g/mol. The lowest BCUT2D eigenvalue weighted by Gasteiger charge is -2.18. The number of benzene rings is 3. The highest BCUT2D eigenvalue weighted by molar-refractivity contribution is 7.89. The van der Waals surface area contributed by atoms with E-state index < -0.39 is 26.9 Å². The Labute approximate surface area is 191 Å². The van der Waals surface area contributed by atoms with E-state index in [1.807, 2.05) is 6.92 Å². The normalized spacial score (nSPS) is 12.4. The summed E-state index contributed by atoms with van der Waals surface area (Å²) in [5.74, 6) is -0.530. The van der Waals surface area contributed by atoms with Crippen molar-refractivity contribution >= 4 is 27.8 Å². The third-order valence-electron chi connectivity index (χ3n) is 4.70. The van der Waals surface area contributed by atoms with Crippen molar-refractivity contribution in [2.75, 3.05) is 0 Å². The second-order valence-electron chi connectivity index (χ2n) is 7.25. The Kier molecular flexibility index (Phi) is 7.65. The topological polar surface area (TPSA) is 131 Å². The highest BCUT2D eigenvalue weighted by Crippen LogP contribution is 2.21. The molecule has 0 spiro atoms. The first-order valence-corrected chi connectivity index (χ1v) is 11.4. The number of amides is 1. The van der Waals surface area contributed by atoms with Crippen molar-refractivity contribution in [2.24, 2.45) is 5.10 Å². The predicted molar refractivity (Wildman–Crippen MR) is 124 cm³/mol. The van der Waals surface area contributed by atoms with E-state index in [9.17, 15) is 23.3 Å². The molecule has 0 saturated heterocycles. The molecule has 1 amide bonds. The number of hydrogen-bond donors (Lipinski definition) is 2. The van der Waals surface area contributed by atoms with Crippen molar-refractivity contribution in [3.05, 3.63) is 106 Å². The summed E-state index contributed by atoms with van der Waals surface area (Å²) in [5, 5.41) is 14.7. The zero-order valence-corrected chi connectivity index (χ0v) is 18.5. The van der Waals surface area contributed by atoms with Gasteiger partial charge in [-0.05, 0) is 24.6 Å². The quantitative estimate of drug-likeness (QED) is 0.283. The smallest absolute Gasteiger partial charge is 0.270 e. The first-order chi connectivity index (χ1) is 15.7. The highest BCUT2D eigenvalue weighted by Gasteiger charge is 2.23. The van der Waals surface area contributed by atoms with E-state index in [4.69, 9.17) is 0 Å². The molecule has 1 atom stereocenters. The van der Waals surface area contributed by atoms with Crippen LogP contribution in [0.15, 0.2) is 88.9 Å². The van der Waals surface area contributed by atoms with Crippen LogP contribution in [0.5, 0.6) is 0 Å². The number of rotatable bonds is 9. The molecule has 0 aliphatic heterocycles. The van der Waals surface area contributed by atoms with E-state index in [0.717, 1.165) is 5.56 Å². The fourth-order valence-electron chi connectivity index (χ4n) is 3.01. The first-order valence-electron chi connectivity index (χ1n) is 9.95. The summed E-state index contributed by atoms with van der Waals surface area (Å²) in [7, 11) is -3.88. The lowest BCUT2D eigenvalue weighted by atomic mass is 10.0. The standard InChI is InChI=1S/C23H22N4O5S/c1-17-10-12-21(13-11-17)33(31,32)26-22(19-7-3-2-4-8-19)15-23(28)25-24-16-18-6-5-9-20(14-18)27(29)30/h2-14,16,22,26H,15H2,1H3,(H,25,28)/b24-16-/t22-/m0/s1. The van der Waals surface area contributed by atoms with E-state index in [2.05, 4.69) is 15.2 Å². The molecule has 0 fully saturated rings. The van der Waals surface area contributed by atoms with Gasteiger partial charge in [0.05, 0.1) is 22.1 Å². The molecule has 0 saturated carbocycles. The van der Waals surface area contributed by atoms with Crippen LogP contribution in [-0.2, 0) is 14.8 Å². The van der Waals surface area contributed by atoms with Gasteiger partial charge in [-0.1, -0.05) is 60.2 Å². The maximum absolute atomic E-state index is 12.9. The Hall–Kier alpha value is -3.89. The van der Waals surface area contributed by atoms with Gasteiger partial charge in [0.15, 0.2) is 0 Å². The number of nitrogens with one attached hydrogen (secondary N) is 2. The second-order valence-corrected chi connectivity index (χ2v) is 8.96. The monoisotopic (exact) mass is 466 g/mol. The summed E-state index contributed by atoms with van der Waals surface area (Å²) in [6.45, 7) is 1.86. The summed E-state index contributed by atoms with van der Waals surface area (Å²) in [4.78, 5) is 22.9. The molecule has 0 bridgehead atoms. The average molecular weight is 467 g/mol. The number of nitro groups is 1. The van der Waals surface area contributed by atoms with Gasteiger partial charge in [-0.25, -0.2) is 18.6 Å². The van der Waals surface area contributed by atoms with Crippen molar-refractivity contribution in [2.45, 2.75) is 24.3 Å². The number of aryl methyl sites for hydroxylation is 1. The minimum absolute atomic E-state index is 0.0955. The Balaban J connectivity index is 1.73. The van der Waals surface area contributed by atoms with Crippen LogP contribution in [0.3, 0.4) is 0 Å². The van der Waals surface area contributed by atoms with E-state index in [0.29, 0.717) is 11.1 Å². The SMILES string of the molecule is Cc1ccc(S(=O)(=O)N[C@@H](CC(=O)N/N=C\c2cccc([N+](=O)[O-])c2)c2ccccc2)cc1. The molecule has 3 aromatic rings.